The number of rotatable bonds is 1. The monoisotopic (exact) mass is 283 g/mol. The summed E-state index contributed by atoms with van der Waals surface area (Å²) in [7, 11) is 0. The number of hydrogen-bond donors (Lipinski definition) is 1. The zero-order valence-corrected chi connectivity index (χ0v) is 9.61. The predicted molar refractivity (Wildman–Crippen MR) is 60.7 cm³/mol. The van der Waals surface area contributed by atoms with Gasteiger partial charge in [-0.3, -0.25) is 4.57 Å². The van der Waals surface area contributed by atoms with Gasteiger partial charge in [-0.2, -0.15) is 0 Å². The molecule has 16 heavy (non-hydrogen) atoms. The van der Waals surface area contributed by atoms with Crippen molar-refractivity contribution in [1.29, 1.82) is 0 Å². The Morgan fingerprint density at radius 2 is 2.31 bits per heavy atom. The Morgan fingerprint density at radius 1 is 1.50 bits per heavy atom. The van der Waals surface area contributed by atoms with Crippen LogP contribution in [0.1, 0.15) is 0 Å². The van der Waals surface area contributed by atoms with E-state index in [1.807, 2.05) is 0 Å². The number of carbonyl (C=O) groups excluding carboxylic acids is 1. The first kappa shape index (κ1) is 10.8. The Bertz CT molecular complexity index is 513. The highest BCUT2D eigenvalue weighted by Crippen LogP contribution is 2.23. The molecule has 82 valence electrons. The number of benzene rings is 1. The van der Waals surface area contributed by atoms with Crippen LogP contribution in [0.5, 0.6) is 0 Å². The maximum absolute atomic E-state index is 12.8. The quantitative estimate of drug-likeness (QED) is 0.875. The highest BCUT2D eigenvalue weighted by atomic mass is 79.9. The SMILES string of the molecule is O=C(Nc1ccc(F)cc1Br)n1ccnc1. The van der Waals surface area contributed by atoms with E-state index in [-0.39, 0.29) is 11.8 Å². The van der Waals surface area contributed by atoms with Crippen molar-refractivity contribution in [3.8, 4) is 0 Å². The maximum Gasteiger partial charge on any atom is 0.331 e. The lowest BCUT2D eigenvalue weighted by molar-refractivity contribution is 0.253. The standard InChI is InChI=1S/C10H7BrFN3O/c11-8-5-7(12)1-2-9(8)14-10(16)15-4-3-13-6-15/h1-6H,(H,14,16). The van der Waals surface area contributed by atoms with Crippen molar-refractivity contribution in [1.82, 2.24) is 9.55 Å². The first-order valence-electron chi connectivity index (χ1n) is 4.41. The van der Waals surface area contributed by atoms with Gasteiger partial charge in [0.05, 0.1) is 5.69 Å². The summed E-state index contributed by atoms with van der Waals surface area (Å²) in [5.41, 5.74) is 0.500. The normalized spacial score (nSPS) is 10.1. The molecule has 1 aromatic carbocycles. The fraction of sp³-hybridized carbons (Fsp3) is 0. The molecule has 0 spiro atoms. The fourth-order valence-electron chi connectivity index (χ4n) is 1.15. The second kappa shape index (κ2) is 4.44. The van der Waals surface area contributed by atoms with Crippen LogP contribution < -0.4 is 5.32 Å². The Morgan fingerprint density at radius 3 is 2.94 bits per heavy atom. The zero-order valence-electron chi connectivity index (χ0n) is 8.02. The number of carbonyl (C=O) groups is 1. The molecule has 0 aliphatic carbocycles. The van der Waals surface area contributed by atoms with Crippen LogP contribution in [0.3, 0.4) is 0 Å². The summed E-state index contributed by atoms with van der Waals surface area (Å²) in [6.07, 6.45) is 4.40. The summed E-state index contributed by atoms with van der Waals surface area (Å²) in [5.74, 6) is -0.368. The van der Waals surface area contributed by atoms with Crippen molar-refractivity contribution in [3.63, 3.8) is 0 Å². The molecule has 0 aliphatic heterocycles. The average Bonchev–Trinajstić information content (AvgIpc) is 2.75. The molecule has 0 radical (unpaired) electrons. The number of imidazole rings is 1. The minimum atomic E-state index is -0.368. The lowest BCUT2D eigenvalue weighted by Crippen LogP contribution is -2.18. The Labute approximate surface area is 99.2 Å². The molecule has 0 saturated carbocycles. The van der Waals surface area contributed by atoms with Crippen molar-refractivity contribution in [2.24, 2.45) is 0 Å². The van der Waals surface area contributed by atoms with Crippen LogP contribution in [0.2, 0.25) is 0 Å². The Balaban J connectivity index is 2.18. The first-order chi connectivity index (χ1) is 7.66. The third-order valence-electron chi connectivity index (χ3n) is 1.91. The third-order valence-corrected chi connectivity index (χ3v) is 2.57. The maximum atomic E-state index is 12.8. The van der Waals surface area contributed by atoms with Crippen LogP contribution in [0, 0.1) is 5.82 Å². The molecule has 1 heterocycles. The summed E-state index contributed by atoms with van der Waals surface area (Å²) in [6, 6.07) is 3.68. The van der Waals surface area contributed by atoms with Crippen molar-refractivity contribution in [2.45, 2.75) is 0 Å². The number of nitrogens with zero attached hydrogens (tertiary/aromatic N) is 2. The lowest BCUT2D eigenvalue weighted by atomic mass is 10.3. The van der Waals surface area contributed by atoms with Gasteiger partial charge in [0.15, 0.2) is 0 Å². The number of halogens is 2. The van der Waals surface area contributed by atoms with E-state index < -0.39 is 0 Å². The summed E-state index contributed by atoms with van der Waals surface area (Å²) >= 11 is 3.16. The van der Waals surface area contributed by atoms with Gasteiger partial charge >= 0.3 is 6.03 Å². The minimum absolute atomic E-state index is 0.357. The largest absolute Gasteiger partial charge is 0.331 e. The Kier molecular flexibility index (Phi) is 3.00. The molecule has 4 nitrogen and oxygen atoms in total. The molecular weight excluding hydrogens is 277 g/mol. The molecule has 0 bridgehead atoms. The summed E-state index contributed by atoms with van der Waals surface area (Å²) in [4.78, 5) is 15.4. The van der Waals surface area contributed by atoms with E-state index in [2.05, 4.69) is 26.2 Å². The van der Waals surface area contributed by atoms with Crippen LogP contribution in [-0.2, 0) is 0 Å². The highest BCUT2D eigenvalue weighted by molar-refractivity contribution is 9.10. The number of hydrogen-bond acceptors (Lipinski definition) is 2. The predicted octanol–water partition coefficient (Wildman–Crippen LogP) is 2.86. The molecule has 0 saturated heterocycles. The smallest absolute Gasteiger partial charge is 0.306 e. The fourth-order valence-corrected chi connectivity index (χ4v) is 1.60. The van der Waals surface area contributed by atoms with E-state index in [0.29, 0.717) is 10.2 Å². The molecule has 0 aliphatic rings. The van der Waals surface area contributed by atoms with E-state index in [1.54, 1.807) is 0 Å². The number of anilines is 1. The summed E-state index contributed by atoms with van der Waals surface area (Å²) < 4.78 is 14.6. The number of amides is 1. The third kappa shape index (κ3) is 2.27. The van der Waals surface area contributed by atoms with E-state index >= 15 is 0 Å². The van der Waals surface area contributed by atoms with Crippen LogP contribution >= 0.6 is 15.9 Å². The van der Waals surface area contributed by atoms with Crippen molar-refractivity contribution in [3.05, 3.63) is 47.2 Å². The minimum Gasteiger partial charge on any atom is -0.306 e. The van der Waals surface area contributed by atoms with Gasteiger partial charge in [-0.15, -0.1) is 0 Å². The molecule has 1 amide bonds. The van der Waals surface area contributed by atoms with E-state index in [4.69, 9.17) is 0 Å². The van der Waals surface area contributed by atoms with Gasteiger partial charge in [-0.1, -0.05) is 0 Å². The van der Waals surface area contributed by atoms with Crippen molar-refractivity contribution < 1.29 is 9.18 Å². The van der Waals surface area contributed by atoms with Crippen molar-refractivity contribution in [2.75, 3.05) is 5.32 Å². The number of nitrogens with one attached hydrogen (secondary N) is 1. The molecule has 2 rings (SSSR count). The van der Waals surface area contributed by atoms with Gasteiger partial charge < -0.3 is 5.32 Å². The number of aromatic nitrogens is 2. The van der Waals surface area contributed by atoms with Crippen LogP contribution in [0.25, 0.3) is 0 Å². The van der Waals surface area contributed by atoms with E-state index in [1.165, 1.54) is 41.5 Å². The molecule has 0 atom stereocenters. The van der Waals surface area contributed by atoms with Crippen LogP contribution in [0.4, 0.5) is 14.9 Å². The van der Waals surface area contributed by atoms with Crippen LogP contribution in [0.15, 0.2) is 41.4 Å². The highest BCUT2D eigenvalue weighted by Gasteiger charge is 2.07. The molecule has 2 aromatic rings. The second-order valence-electron chi connectivity index (χ2n) is 3.02. The van der Waals surface area contributed by atoms with Gasteiger partial charge in [0.25, 0.3) is 0 Å². The molecule has 1 N–H and O–H groups in total. The van der Waals surface area contributed by atoms with Gasteiger partial charge in [0, 0.05) is 16.9 Å². The molecule has 0 unspecified atom stereocenters. The molecular formula is C10H7BrFN3O. The molecule has 0 fully saturated rings. The molecule has 6 heteroatoms. The van der Waals surface area contributed by atoms with Crippen molar-refractivity contribution >= 4 is 27.6 Å². The topological polar surface area (TPSA) is 46.9 Å². The van der Waals surface area contributed by atoms with Gasteiger partial charge in [0.1, 0.15) is 12.1 Å². The zero-order chi connectivity index (χ0) is 11.5. The lowest BCUT2D eigenvalue weighted by Gasteiger charge is -2.07. The Hall–Kier alpha value is -1.69. The summed E-state index contributed by atoms with van der Waals surface area (Å²) in [6.45, 7) is 0. The van der Waals surface area contributed by atoms with Gasteiger partial charge in [-0.25, -0.2) is 14.2 Å². The first-order valence-corrected chi connectivity index (χ1v) is 5.20. The summed E-state index contributed by atoms with van der Waals surface area (Å²) in [5, 5.41) is 2.61. The second-order valence-corrected chi connectivity index (χ2v) is 3.88. The van der Waals surface area contributed by atoms with Gasteiger partial charge in [0.2, 0.25) is 0 Å². The molecule has 1 aromatic heterocycles. The van der Waals surface area contributed by atoms with Gasteiger partial charge in [-0.05, 0) is 34.1 Å². The van der Waals surface area contributed by atoms with Crippen LogP contribution in [-0.4, -0.2) is 15.6 Å². The average molecular weight is 284 g/mol. The van der Waals surface area contributed by atoms with E-state index in [0.717, 1.165) is 0 Å². The van der Waals surface area contributed by atoms with E-state index in [9.17, 15) is 9.18 Å².